The van der Waals surface area contributed by atoms with E-state index in [9.17, 15) is 0 Å². The molecular weight excluding hydrogens is 280 g/mol. The molecule has 0 saturated heterocycles. The Hall–Kier alpha value is 0.688. The van der Waals surface area contributed by atoms with Crippen LogP contribution in [-0.2, 0) is 21.1 Å². The molecule has 0 amide bonds. The van der Waals surface area contributed by atoms with Crippen LogP contribution in [-0.4, -0.2) is 0 Å². The zero-order valence-corrected chi connectivity index (χ0v) is 9.78. The third-order valence-electron chi connectivity index (χ3n) is 1.36. The van der Waals surface area contributed by atoms with Gasteiger partial charge in [-0.3, -0.25) is 0 Å². The normalized spacial score (nSPS) is 13.0. The zero-order valence-electron chi connectivity index (χ0n) is 6.85. The van der Waals surface area contributed by atoms with Crippen LogP contribution in [0.3, 0.4) is 0 Å². The van der Waals surface area contributed by atoms with Gasteiger partial charge in [0, 0.05) is 21.1 Å². The van der Waals surface area contributed by atoms with Gasteiger partial charge in [-0.1, -0.05) is 34.1 Å². The molecule has 0 spiro atoms. The van der Waals surface area contributed by atoms with Gasteiger partial charge in [-0.2, -0.15) is 11.8 Å². The monoisotopic (exact) mass is 297 g/mol. The smallest absolute Gasteiger partial charge is 0 e. The fourth-order valence-electron chi connectivity index (χ4n) is 0.793. The van der Waals surface area contributed by atoms with Gasteiger partial charge < -0.3 is 6.42 Å². The molecule has 0 aromatic carbocycles. The van der Waals surface area contributed by atoms with E-state index in [-0.39, 0.29) is 21.1 Å². The fraction of sp³-hybridized carbons (Fsp3) is 0.875. The van der Waals surface area contributed by atoms with Crippen molar-refractivity contribution in [3.63, 3.8) is 0 Å². The Morgan fingerprint density at radius 2 is 1.67 bits per heavy atom. The molecule has 0 radical (unpaired) electrons. The van der Waals surface area contributed by atoms with Gasteiger partial charge in [0.2, 0.25) is 0 Å². The quantitative estimate of drug-likeness (QED) is 0.703. The van der Waals surface area contributed by atoms with Crippen LogP contribution in [0.2, 0.25) is 0 Å². The minimum absolute atomic E-state index is 0. The average molecular weight is 297 g/mol. The molecule has 56 valence electrons. The third kappa shape index (κ3) is 8.69. The molecule has 0 aromatic rings. The Bertz CT molecular complexity index is 50.5. The van der Waals surface area contributed by atoms with E-state index in [0.29, 0.717) is 0 Å². The van der Waals surface area contributed by atoms with Crippen LogP contribution in [0.5, 0.6) is 0 Å². The van der Waals surface area contributed by atoms with Crippen molar-refractivity contribution in [1.82, 2.24) is 0 Å². The molecule has 0 fully saturated rings. The second-order valence-corrected chi connectivity index (χ2v) is 2.82. The minimum Gasteiger partial charge on any atom is -0.323 e. The average Bonchev–Trinajstić information content (AvgIpc) is 1.65. The van der Waals surface area contributed by atoms with Crippen molar-refractivity contribution in [3.05, 3.63) is 6.42 Å². The van der Waals surface area contributed by atoms with Crippen LogP contribution in [0.15, 0.2) is 0 Å². The van der Waals surface area contributed by atoms with Gasteiger partial charge >= 0.3 is 0 Å². The third-order valence-corrected chi connectivity index (χ3v) is 1.36. The number of hydrogen-bond acceptors (Lipinski definition) is 0. The van der Waals surface area contributed by atoms with E-state index < -0.39 is 0 Å². The van der Waals surface area contributed by atoms with Gasteiger partial charge in [-0.25, -0.2) is 0 Å². The molecule has 0 heterocycles. The Kier molecular flexibility index (Phi) is 9.35. The van der Waals surface area contributed by atoms with Gasteiger partial charge in [0.25, 0.3) is 0 Å². The second kappa shape index (κ2) is 6.80. The van der Waals surface area contributed by atoms with Crippen molar-refractivity contribution in [1.29, 1.82) is 0 Å². The second-order valence-electron chi connectivity index (χ2n) is 2.82. The summed E-state index contributed by atoms with van der Waals surface area (Å²) in [5, 5.41) is 0. The summed E-state index contributed by atoms with van der Waals surface area (Å²) >= 11 is 0. The molecule has 0 rings (SSSR count). The van der Waals surface area contributed by atoms with Crippen LogP contribution in [0, 0.1) is 18.3 Å². The number of hydrogen-bond donors (Lipinski definition) is 0. The van der Waals surface area contributed by atoms with E-state index in [4.69, 9.17) is 0 Å². The molecule has 1 unspecified atom stereocenters. The number of rotatable bonds is 3. The van der Waals surface area contributed by atoms with E-state index in [1.807, 2.05) is 0 Å². The first-order valence-corrected chi connectivity index (χ1v) is 3.51. The predicted molar refractivity (Wildman–Crippen MR) is 38.6 cm³/mol. The predicted octanol–water partition coefficient (Wildman–Crippen LogP) is 2.89. The zero-order chi connectivity index (χ0) is 6.57. The SMILES string of the molecule is CCC(C)[CH-]C(C)C.[W]. The molecule has 0 saturated carbocycles. The van der Waals surface area contributed by atoms with Crippen LogP contribution in [0.4, 0.5) is 0 Å². The van der Waals surface area contributed by atoms with E-state index in [0.717, 1.165) is 11.8 Å². The summed E-state index contributed by atoms with van der Waals surface area (Å²) in [6, 6.07) is 0. The van der Waals surface area contributed by atoms with Crippen molar-refractivity contribution in [2.75, 3.05) is 0 Å². The Morgan fingerprint density at radius 1 is 1.22 bits per heavy atom. The maximum absolute atomic E-state index is 2.39. The Labute approximate surface area is 73.7 Å². The first-order valence-electron chi connectivity index (χ1n) is 3.51. The summed E-state index contributed by atoms with van der Waals surface area (Å²) in [5.41, 5.74) is 0. The maximum Gasteiger partial charge on any atom is 0 e. The van der Waals surface area contributed by atoms with Gasteiger partial charge in [-0.05, 0) is 0 Å². The Morgan fingerprint density at radius 3 is 1.78 bits per heavy atom. The van der Waals surface area contributed by atoms with E-state index in [1.54, 1.807) is 0 Å². The molecule has 0 nitrogen and oxygen atoms in total. The molecular formula is C8H17W-. The van der Waals surface area contributed by atoms with Gasteiger partial charge in [0.1, 0.15) is 0 Å². The molecule has 1 atom stereocenters. The van der Waals surface area contributed by atoms with E-state index in [2.05, 4.69) is 34.1 Å². The molecule has 0 N–H and O–H groups in total. The minimum atomic E-state index is 0. The summed E-state index contributed by atoms with van der Waals surface area (Å²) < 4.78 is 0. The Balaban J connectivity index is 0. The summed E-state index contributed by atoms with van der Waals surface area (Å²) in [7, 11) is 0. The van der Waals surface area contributed by atoms with E-state index >= 15 is 0 Å². The van der Waals surface area contributed by atoms with Gasteiger partial charge in [0.15, 0.2) is 0 Å². The maximum atomic E-state index is 2.39. The van der Waals surface area contributed by atoms with Crippen molar-refractivity contribution in [2.24, 2.45) is 11.8 Å². The first-order chi connectivity index (χ1) is 3.66. The largest absolute Gasteiger partial charge is 0.323 e. The molecule has 0 aliphatic rings. The first kappa shape index (κ1) is 12.4. The standard InChI is InChI=1S/C8H17.W/c1-5-8(4)6-7(2)3;/h6-8H,5H2,1-4H3;/q-1;. The van der Waals surface area contributed by atoms with Crippen LogP contribution in [0.1, 0.15) is 34.1 Å². The fourth-order valence-corrected chi connectivity index (χ4v) is 0.793. The van der Waals surface area contributed by atoms with Crippen molar-refractivity contribution in [2.45, 2.75) is 34.1 Å². The van der Waals surface area contributed by atoms with Crippen molar-refractivity contribution < 1.29 is 21.1 Å². The summed E-state index contributed by atoms with van der Waals surface area (Å²) in [6.45, 7) is 8.95. The molecule has 1 heteroatoms. The molecule has 9 heavy (non-hydrogen) atoms. The molecule has 0 aliphatic heterocycles. The summed E-state index contributed by atoms with van der Waals surface area (Å²) in [4.78, 5) is 0. The summed E-state index contributed by atoms with van der Waals surface area (Å²) in [5.74, 6) is 1.56. The molecule has 0 aliphatic carbocycles. The molecule has 0 aromatic heterocycles. The van der Waals surface area contributed by atoms with Crippen LogP contribution >= 0.6 is 0 Å². The van der Waals surface area contributed by atoms with Gasteiger partial charge in [0.05, 0.1) is 0 Å². The molecule has 0 bridgehead atoms. The van der Waals surface area contributed by atoms with Crippen molar-refractivity contribution >= 4 is 0 Å². The van der Waals surface area contributed by atoms with Crippen LogP contribution in [0.25, 0.3) is 0 Å². The topological polar surface area (TPSA) is 0 Å². The van der Waals surface area contributed by atoms with Gasteiger partial charge in [-0.15, -0.1) is 0 Å². The van der Waals surface area contributed by atoms with Crippen LogP contribution < -0.4 is 0 Å². The van der Waals surface area contributed by atoms with E-state index in [1.165, 1.54) is 6.42 Å². The summed E-state index contributed by atoms with van der Waals surface area (Å²) in [6.07, 6.45) is 3.66. The van der Waals surface area contributed by atoms with Crippen molar-refractivity contribution in [3.8, 4) is 0 Å².